The Morgan fingerprint density at radius 2 is 2.11 bits per heavy atom. The number of aliphatic hydroxyl groups is 1. The highest BCUT2D eigenvalue weighted by Gasteiger charge is 2.44. The number of aliphatic hydroxyl groups excluding tert-OH is 1. The van der Waals surface area contributed by atoms with Gasteiger partial charge in [0.1, 0.15) is 0 Å². The Kier molecular flexibility index (Phi) is 7.15. The van der Waals surface area contributed by atoms with E-state index in [0.717, 1.165) is 39.3 Å². The Hall–Kier alpha value is -0.160. The lowest BCUT2D eigenvalue weighted by Gasteiger charge is -2.37. The van der Waals surface area contributed by atoms with Gasteiger partial charge < -0.3 is 20.1 Å². The highest BCUT2D eigenvalue weighted by atomic mass is 16.5. The molecule has 1 aliphatic carbocycles. The second kappa shape index (κ2) is 8.10. The van der Waals surface area contributed by atoms with Crippen LogP contribution in [0.1, 0.15) is 33.1 Å². The first-order valence-electron chi connectivity index (χ1n) is 7.30. The summed E-state index contributed by atoms with van der Waals surface area (Å²) in [5, 5.41) is 13.4. The minimum Gasteiger partial charge on any atom is -0.394 e. The second-order valence-corrected chi connectivity index (χ2v) is 5.45. The van der Waals surface area contributed by atoms with Crippen LogP contribution in [0.25, 0.3) is 0 Å². The number of likely N-dealkylation sites (N-methyl/N-ethyl adjacent to an activating group) is 1. The van der Waals surface area contributed by atoms with Crippen molar-refractivity contribution >= 4 is 0 Å². The minimum absolute atomic E-state index is 0.100. The second-order valence-electron chi connectivity index (χ2n) is 5.45. The van der Waals surface area contributed by atoms with Crippen LogP contribution < -0.4 is 5.32 Å². The highest BCUT2D eigenvalue weighted by Crippen LogP contribution is 2.39. The molecule has 0 aromatic rings. The summed E-state index contributed by atoms with van der Waals surface area (Å²) in [5.41, 5.74) is -0.100. The minimum atomic E-state index is -0.100. The molecule has 0 saturated heterocycles. The van der Waals surface area contributed by atoms with Crippen molar-refractivity contribution in [1.82, 2.24) is 10.2 Å². The fourth-order valence-corrected chi connectivity index (χ4v) is 2.50. The molecule has 0 aromatic carbocycles. The van der Waals surface area contributed by atoms with E-state index >= 15 is 0 Å². The predicted molar refractivity (Wildman–Crippen MR) is 74.8 cm³/mol. The van der Waals surface area contributed by atoms with Gasteiger partial charge in [-0.2, -0.15) is 0 Å². The zero-order valence-electron chi connectivity index (χ0n) is 12.2. The average molecular weight is 258 g/mol. The summed E-state index contributed by atoms with van der Waals surface area (Å²) in [6.07, 6.45) is 3.60. The van der Waals surface area contributed by atoms with E-state index in [-0.39, 0.29) is 12.1 Å². The SMILES string of the molecule is CCCNC(CO)(CN(C)CCOCC)C1CC1. The molecule has 0 heterocycles. The predicted octanol–water partition coefficient (Wildman–Crippen LogP) is 1.10. The molecule has 4 nitrogen and oxygen atoms in total. The van der Waals surface area contributed by atoms with Gasteiger partial charge in [-0.05, 0) is 45.7 Å². The van der Waals surface area contributed by atoms with Gasteiger partial charge in [-0.1, -0.05) is 6.92 Å². The molecular formula is C14H30N2O2. The first-order valence-corrected chi connectivity index (χ1v) is 7.30. The molecule has 1 atom stereocenters. The third kappa shape index (κ3) is 4.84. The lowest BCUT2D eigenvalue weighted by atomic mass is 9.93. The third-order valence-electron chi connectivity index (χ3n) is 3.74. The van der Waals surface area contributed by atoms with Crippen LogP contribution >= 0.6 is 0 Å². The van der Waals surface area contributed by atoms with E-state index in [1.54, 1.807) is 0 Å². The average Bonchev–Trinajstić information content (AvgIpc) is 3.19. The van der Waals surface area contributed by atoms with Crippen molar-refractivity contribution in [3.63, 3.8) is 0 Å². The van der Waals surface area contributed by atoms with Gasteiger partial charge in [0, 0.05) is 19.7 Å². The molecule has 1 fully saturated rings. The van der Waals surface area contributed by atoms with Crippen LogP contribution in [-0.2, 0) is 4.74 Å². The Balaban J connectivity index is 2.43. The zero-order valence-corrected chi connectivity index (χ0v) is 12.2. The molecule has 1 aliphatic rings. The van der Waals surface area contributed by atoms with Gasteiger partial charge in [-0.15, -0.1) is 0 Å². The van der Waals surface area contributed by atoms with Gasteiger partial charge >= 0.3 is 0 Å². The van der Waals surface area contributed by atoms with E-state index in [1.807, 2.05) is 6.92 Å². The molecular weight excluding hydrogens is 228 g/mol. The van der Waals surface area contributed by atoms with Crippen molar-refractivity contribution in [3.8, 4) is 0 Å². The van der Waals surface area contributed by atoms with Crippen LogP contribution in [0.5, 0.6) is 0 Å². The van der Waals surface area contributed by atoms with Gasteiger partial charge in [0.2, 0.25) is 0 Å². The molecule has 4 heteroatoms. The highest BCUT2D eigenvalue weighted by molar-refractivity contribution is 5.02. The molecule has 0 aliphatic heterocycles. The first kappa shape index (κ1) is 15.9. The topological polar surface area (TPSA) is 44.7 Å². The summed E-state index contributed by atoms with van der Waals surface area (Å²) in [7, 11) is 2.11. The number of hydrogen-bond donors (Lipinski definition) is 2. The summed E-state index contributed by atoms with van der Waals surface area (Å²) in [5.74, 6) is 0.642. The Morgan fingerprint density at radius 3 is 2.61 bits per heavy atom. The summed E-state index contributed by atoms with van der Waals surface area (Å²) < 4.78 is 5.38. The maximum absolute atomic E-state index is 9.81. The summed E-state index contributed by atoms with van der Waals surface area (Å²) in [6.45, 7) is 8.78. The van der Waals surface area contributed by atoms with Crippen LogP contribution in [0.3, 0.4) is 0 Å². The molecule has 2 N–H and O–H groups in total. The van der Waals surface area contributed by atoms with E-state index in [9.17, 15) is 5.11 Å². The number of rotatable bonds is 11. The number of ether oxygens (including phenoxy) is 1. The molecule has 18 heavy (non-hydrogen) atoms. The molecule has 1 saturated carbocycles. The lowest BCUT2D eigenvalue weighted by molar-refractivity contribution is 0.0767. The van der Waals surface area contributed by atoms with E-state index in [1.165, 1.54) is 12.8 Å². The smallest absolute Gasteiger partial charge is 0.0628 e. The van der Waals surface area contributed by atoms with Gasteiger partial charge in [0.05, 0.1) is 18.8 Å². The Bertz CT molecular complexity index is 222. The summed E-state index contributed by atoms with van der Waals surface area (Å²) in [6, 6.07) is 0. The third-order valence-corrected chi connectivity index (χ3v) is 3.74. The molecule has 108 valence electrons. The van der Waals surface area contributed by atoms with Crippen LogP contribution in [0.15, 0.2) is 0 Å². The zero-order chi connectivity index (χ0) is 13.4. The monoisotopic (exact) mass is 258 g/mol. The normalized spacial score (nSPS) is 19.2. The van der Waals surface area contributed by atoms with Crippen molar-refractivity contribution in [1.29, 1.82) is 0 Å². The van der Waals surface area contributed by atoms with Crippen molar-refractivity contribution in [2.24, 2.45) is 5.92 Å². The standard InChI is InChI=1S/C14H30N2O2/c1-4-8-15-14(12-17,13-6-7-13)11-16(3)9-10-18-5-2/h13,15,17H,4-12H2,1-3H3. The molecule has 0 bridgehead atoms. The molecule has 1 unspecified atom stereocenters. The maximum Gasteiger partial charge on any atom is 0.0628 e. The van der Waals surface area contributed by atoms with Crippen molar-refractivity contribution in [3.05, 3.63) is 0 Å². The molecule has 0 spiro atoms. The van der Waals surface area contributed by atoms with E-state index in [4.69, 9.17) is 4.74 Å². The largest absolute Gasteiger partial charge is 0.394 e. The molecule has 0 aromatic heterocycles. The Morgan fingerprint density at radius 1 is 1.39 bits per heavy atom. The Labute approximate surface area is 112 Å². The number of nitrogens with zero attached hydrogens (tertiary/aromatic N) is 1. The molecule has 0 radical (unpaired) electrons. The van der Waals surface area contributed by atoms with E-state index in [0.29, 0.717) is 5.92 Å². The van der Waals surface area contributed by atoms with Crippen LogP contribution in [0.4, 0.5) is 0 Å². The summed E-state index contributed by atoms with van der Waals surface area (Å²) in [4.78, 5) is 2.27. The van der Waals surface area contributed by atoms with Gasteiger partial charge in [0.25, 0.3) is 0 Å². The molecule has 1 rings (SSSR count). The van der Waals surface area contributed by atoms with Crippen molar-refractivity contribution in [2.45, 2.75) is 38.6 Å². The lowest BCUT2D eigenvalue weighted by Crippen LogP contribution is -2.58. The van der Waals surface area contributed by atoms with E-state index in [2.05, 4.69) is 24.2 Å². The van der Waals surface area contributed by atoms with Crippen molar-refractivity contribution in [2.75, 3.05) is 46.5 Å². The van der Waals surface area contributed by atoms with Crippen LogP contribution in [-0.4, -0.2) is 62.0 Å². The number of nitrogens with one attached hydrogen (secondary N) is 1. The first-order chi connectivity index (χ1) is 8.68. The summed E-state index contributed by atoms with van der Waals surface area (Å²) >= 11 is 0. The van der Waals surface area contributed by atoms with E-state index < -0.39 is 0 Å². The van der Waals surface area contributed by atoms with Gasteiger partial charge in [0.15, 0.2) is 0 Å². The van der Waals surface area contributed by atoms with Crippen LogP contribution in [0.2, 0.25) is 0 Å². The van der Waals surface area contributed by atoms with Gasteiger partial charge in [-0.25, -0.2) is 0 Å². The fourth-order valence-electron chi connectivity index (χ4n) is 2.50. The molecule has 0 amide bonds. The van der Waals surface area contributed by atoms with Crippen LogP contribution in [0, 0.1) is 5.92 Å². The number of hydrogen-bond acceptors (Lipinski definition) is 4. The van der Waals surface area contributed by atoms with Gasteiger partial charge in [-0.3, -0.25) is 0 Å². The quantitative estimate of drug-likeness (QED) is 0.545. The maximum atomic E-state index is 9.81. The van der Waals surface area contributed by atoms with Crippen molar-refractivity contribution < 1.29 is 9.84 Å². The fraction of sp³-hybridized carbons (Fsp3) is 1.00.